The van der Waals surface area contributed by atoms with Crippen molar-refractivity contribution in [1.29, 1.82) is 0 Å². The van der Waals surface area contributed by atoms with Gasteiger partial charge in [-0.2, -0.15) is 0 Å². The molecular weight excluding hydrogens is 390 g/mol. The average molecular weight is 413 g/mol. The highest BCUT2D eigenvalue weighted by atomic mass is 16.5. The van der Waals surface area contributed by atoms with Crippen LogP contribution in [-0.4, -0.2) is 61.3 Å². The minimum absolute atomic E-state index is 0.0582. The molecule has 1 fully saturated rings. The summed E-state index contributed by atoms with van der Waals surface area (Å²) >= 11 is 0. The van der Waals surface area contributed by atoms with Gasteiger partial charge in [-0.3, -0.25) is 9.59 Å². The number of likely N-dealkylation sites (tertiary alicyclic amines) is 1. The van der Waals surface area contributed by atoms with E-state index < -0.39 is 17.7 Å². The lowest BCUT2D eigenvalue weighted by molar-refractivity contribution is -0.140. The molecule has 1 heterocycles. The number of Topliss-reactive ketones (excluding diaryl/α,β-unsaturated/α-hetero) is 1. The van der Waals surface area contributed by atoms with Crippen LogP contribution in [0.1, 0.15) is 17.2 Å². The summed E-state index contributed by atoms with van der Waals surface area (Å²) < 4.78 is 15.4. The predicted octanol–water partition coefficient (Wildman–Crippen LogP) is 2.48. The Morgan fingerprint density at radius 1 is 1.07 bits per heavy atom. The Balaban J connectivity index is 2.19. The van der Waals surface area contributed by atoms with Crippen molar-refractivity contribution in [3.63, 3.8) is 0 Å². The fraction of sp³-hybridized carbons (Fsp3) is 0.273. The molecular formula is C22H23NO7. The molecule has 1 amide bonds. The van der Waals surface area contributed by atoms with Crippen LogP contribution < -0.4 is 9.47 Å². The molecule has 0 aliphatic carbocycles. The number of hydrogen-bond donors (Lipinski definition) is 2. The molecule has 30 heavy (non-hydrogen) atoms. The number of benzene rings is 2. The number of aliphatic hydroxyl groups excluding tert-OH is 1. The van der Waals surface area contributed by atoms with Crippen LogP contribution in [0.3, 0.4) is 0 Å². The number of hydrogen-bond acceptors (Lipinski definition) is 7. The van der Waals surface area contributed by atoms with Gasteiger partial charge in [0.15, 0.2) is 11.5 Å². The van der Waals surface area contributed by atoms with Crippen molar-refractivity contribution >= 4 is 17.4 Å². The van der Waals surface area contributed by atoms with Crippen LogP contribution >= 0.6 is 0 Å². The Bertz CT molecular complexity index is 999. The monoisotopic (exact) mass is 413 g/mol. The maximum atomic E-state index is 12.9. The number of nitrogens with zero attached hydrogens (tertiary/aromatic N) is 1. The highest BCUT2D eigenvalue weighted by Crippen LogP contribution is 2.41. The van der Waals surface area contributed by atoms with Gasteiger partial charge in [0.1, 0.15) is 11.5 Å². The molecule has 158 valence electrons. The van der Waals surface area contributed by atoms with E-state index in [0.29, 0.717) is 16.9 Å². The Morgan fingerprint density at radius 3 is 2.50 bits per heavy atom. The number of amides is 1. The van der Waals surface area contributed by atoms with Crippen LogP contribution in [0.5, 0.6) is 17.2 Å². The van der Waals surface area contributed by atoms with Crippen molar-refractivity contribution in [1.82, 2.24) is 4.90 Å². The zero-order valence-electron chi connectivity index (χ0n) is 16.9. The maximum Gasteiger partial charge on any atom is 0.295 e. The second-order valence-electron chi connectivity index (χ2n) is 6.65. The van der Waals surface area contributed by atoms with E-state index in [1.54, 1.807) is 30.3 Å². The zero-order valence-corrected chi connectivity index (χ0v) is 16.9. The van der Waals surface area contributed by atoms with Crippen molar-refractivity contribution in [3.05, 3.63) is 59.2 Å². The van der Waals surface area contributed by atoms with Crippen LogP contribution in [0.15, 0.2) is 48.0 Å². The Hall–Kier alpha value is -3.52. The molecule has 2 aromatic rings. The first-order valence-electron chi connectivity index (χ1n) is 9.21. The molecule has 2 aromatic carbocycles. The summed E-state index contributed by atoms with van der Waals surface area (Å²) in [6.45, 7) is 0.349. The van der Waals surface area contributed by atoms with Gasteiger partial charge < -0.3 is 29.3 Å². The van der Waals surface area contributed by atoms with Crippen molar-refractivity contribution in [2.75, 3.05) is 34.5 Å². The molecule has 0 unspecified atom stereocenters. The number of aromatic hydroxyl groups is 1. The van der Waals surface area contributed by atoms with Gasteiger partial charge in [-0.15, -0.1) is 0 Å². The summed E-state index contributed by atoms with van der Waals surface area (Å²) in [5, 5.41) is 20.9. The van der Waals surface area contributed by atoms with Gasteiger partial charge in [-0.25, -0.2) is 0 Å². The molecule has 0 bridgehead atoms. The number of aliphatic hydroxyl groups is 1. The molecule has 1 saturated heterocycles. The van der Waals surface area contributed by atoms with E-state index in [-0.39, 0.29) is 36.0 Å². The third-order valence-electron chi connectivity index (χ3n) is 4.94. The van der Waals surface area contributed by atoms with Crippen LogP contribution in [-0.2, 0) is 14.3 Å². The van der Waals surface area contributed by atoms with Crippen LogP contribution in [0, 0.1) is 0 Å². The van der Waals surface area contributed by atoms with E-state index >= 15 is 0 Å². The predicted molar refractivity (Wildman–Crippen MR) is 109 cm³/mol. The summed E-state index contributed by atoms with van der Waals surface area (Å²) in [6.07, 6.45) is 0. The van der Waals surface area contributed by atoms with Crippen LogP contribution in [0.2, 0.25) is 0 Å². The molecule has 1 aliphatic rings. The lowest BCUT2D eigenvalue weighted by Crippen LogP contribution is -2.32. The molecule has 0 saturated carbocycles. The first-order valence-corrected chi connectivity index (χ1v) is 9.21. The maximum absolute atomic E-state index is 12.9. The van der Waals surface area contributed by atoms with Gasteiger partial charge in [0, 0.05) is 19.2 Å². The second-order valence-corrected chi connectivity index (χ2v) is 6.65. The largest absolute Gasteiger partial charge is 0.507 e. The van der Waals surface area contributed by atoms with Crippen LogP contribution in [0.4, 0.5) is 0 Å². The summed E-state index contributed by atoms with van der Waals surface area (Å²) in [4.78, 5) is 27.0. The first-order chi connectivity index (χ1) is 14.4. The lowest BCUT2D eigenvalue weighted by atomic mass is 9.95. The number of phenolic OH excluding ortho intramolecular Hbond substituents is 1. The molecule has 0 aromatic heterocycles. The first kappa shape index (κ1) is 21.2. The molecule has 2 N–H and O–H groups in total. The Kier molecular flexibility index (Phi) is 6.27. The number of methoxy groups -OCH3 is 3. The van der Waals surface area contributed by atoms with Gasteiger partial charge >= 0.3 is 0 Å². The smallest absolute Gasteiger partial charge is 0.295 e. The lowest BCUT2D eigenvalue weighted by Gasteiger charge is -2.25. The Morgan fingerprint density at radius 2 is 1.83 bits per heavy atom. The third kappa shape index (κ3) is 3.81. The molecule has 3 rings (SSSR count). The minimum atomic E-state index is -0.874. The molecule has 1 aliphatic heterocycles. The number of ketones is 1. The number of carbonyl (C=O) groups excluding carboxylic acids is 2. The van der Waals surface area contributed by atoms with E-state index in [1.807, 2.05) is 0 Å². The van der Waals surface area contributed by atoms with Gasteiger partial charge in [0.25, 0.3) is 11.7 Å². The van der Waals surface area contributed by atoms with Gasteiger partial charge in [0.05, 0.1) is 32.4 Å². The molecule has 0 spiro atoms. The average Bonchev–Trinajstić information content (AvgIpc) is 3.02. The van der Waals surface area contributed by atoms with E-state index in [4.69, 9.17) is 14.2 Å². The van der Waals surface area contributed by atoms with Gasteiger partial charge in [-0.1, -0.05) is 18.2 Å². The fourth-order valence-electron chi connectivity index (χ4n) is 3.44. The zero-order chi connectivity index (χ0) is 21.8. The standard InChI is InChI=1S/C22H23NO7/c1-28-10-9-23-19(13-7-8-16(24)17(12-13)30-3)18(21(26)22(23)27)20(25)14-5-4-6-15(11-14)29-2/h4-8,11-12,19,24-25H,9-10H2,1-3H3/t19-/m1/s1. The second kappa shape index (κ2) is 8.87. The summed E-state index contributed by atoms with van der Waals surface area (Å²) in [7, 11) is 4.38. The van der Waals surface area contributed by atoms with Crippen molar-refractivity contribution < 1.29 is 34.0 Å². The number of phenols is 1. The van der Waals surface area contributed by atoms with E-state index in [9.17, 15) is 19.8 Å². The molecule has 1 atom stereocenters. The normalized spacial score (nSPS) is 18.0. The van der Waals surface area contributed by atoms with Crippen LogP contribution in [0.25, 0.3) is 5.76 Å². The van der Waals surface area contributed by atoms with Crippen molar-refractivity contribution in [2.24, 2.45) is 0 Å². The molecule has 8 nitrogen and oxygen atoms in total. The molecule has 0 radical (unpaired) electrons. The van der Waals surface area contributed by atoms with Crippen molar-refractivity contribution in [2.45, 2.75) is 6.04 Å². The number of ether oxygens (including phenoxy) is 3. The van der Waals surface area contributed by atoms with Crippen molar-refractivity contribution in [3.8, 4) is 17.2 Å². The minimum Gasteiger partial charge on any atom is -0.507 e. The molecule has 8 heteroatoms. The van der Waals surface area contributed by atoms with E-state index in [2.05, 4.69) is 0 Å². The highest BCUT2D eigenvalue weighted by Gasteiger charge is 2.46. The Labute approximate surface area is 173 Å². The van der Waals surface area contributed by atoms with Gasteiger partial charge in [0.2, 0.25) is 0 Å². The highest BCUT2D eigenvalue weighted by molar-refractivity contribution is 6.46. The number of carbonyl (C=O) groups is 2. The summed E-state index contributed by atoms with van der Waals surface area (Å²) in [6, 6.07) is 10.2. The number of rotatable bonds is 7. The SMILES string of the molecule is COCCN1C(=O)C(=O)C(=C(O)c2cccc(OC)c2)[C@H]1c1ccc(O)c(OC)c1. The van der Waals surface area contributed by atoms with Gasteiger partial charge in [-0.05, 0) is 29.8 Å². The quantitative estimate of drug-likeness (QED) is 0.408. The summed E-state index contributed by atoms with van der Waals surface area (Å²) in [5.74, 6) is -1.26. The van der Waals surface area contributed by atoms with E-state index in [0.717, 1.165) is 0 Å². The summed E-state index contributed by atoms with van der Waals surface area (Å²) in [5.41, 5.74) is 0.788. The third-order valence-corrected chi connectivity index (χ3v) is 4.94. The fourth-order valence-corrected chi connectivity index (χ4v) is 3.44. The van der Waals surface area contributed by atoms with E-state index in [1.165, 1.54) is 38.4 Å². The topological polar surface area (TPSA) is 106 Å².